The molecule has 1 radical (unpaired) electrons. The molecule has 4 rings (SSSR count). The third-order valence-corrected chi connectivity index (χ3v) is 4.62. The summed E-state index contributed by atoms with van der Waals surface area (Å²) in [5.74, 6) is 0.498. The van der Waals surface area contributed by atoms with Crippen LogP contribution in [0.3, 0.4) is 0 Å². The highest BCUT2D eigenvalue weighted by Crippen LogP contribution is 2.18. The zero-order chi connectivity index (χ0) is 27.0. The van der Waals surface area contributed by atoms with E-state index in [1.165, 1.54) is 5.56 Å². The minimum absolute atomic E-state index is 0.498. The molecule has 1 N–H and O–H groups in total. The molecule has 0 saturated carbocycles. The second kappa shape index (κ2) is 22.0. The third-order valence-electron chi connectivity index (χ3n) is 4.09. The molecule has 0 aliphatic carbocycles. The van der Waals surface area contributed by atoms with Crippen molar-refractivity contribution in [3.8, 4) is 16.9 Å². The number of hydrogen-bond acceptors (Lipinski definition) is 4. The molecule has 0 aliphatic heterocycles. The van der Waals surface area contributed by atoms with E-state index in [1.54, 1.807) is 24.3 Å². The minimum Gasteiger partial charge on any atom is -0.537 e. The van der Waals surface area contributed by atoms with Crippen LogP contribution in [0.1, 0.15) is 48.4 Å². The summed E-state index contributed by atoms with van der Waals surface area (Å²) in [6, 6.07) is 34.0. The van der Waals surface area contributed by atoms with Crippen LogP contribution in [0.5, 0.6) is 5.75 Å². The molecule has 0 fully saturated rings. The lowest BCUT2D eigenvalue weighted by atomic mass is 10.0. The molecule has 4 aromatic carbocycles. The molecule has 0 aromatic heterocycles. The molecule has 4 aromatic rings. The SMILES string of the molecule is Brc1ccccc1.CC.CC.O=Cc1ccc(-c2ccccc2)cc1.O=Cc1ccc(O[B]O)cc1. The Bertz CT molecular complexity index is 1060. The maximum Gasteiger partial charge on any atom is 0.569 e. The van der Waals surface area contributed by atoms with Crippen molar-refractivity contribution in [3.05, 3.63) is 125 Å². The molecule has 4 nitrogen and oxygen atoms in total. The number of benzene rings is 4. The van der Waals surface area contributed by atoms with Gasteiger partial charge in [0.15, 0.2) is 0 Å². The van der Waals surface area contributed by atoms with Gasteiger partial charge in [0.05, 0.1) is 0 Å². The van der Waals surface area contributed by atoms with Crippen LogP contribution in [0.4, 0.5) is 0 Å². The standard InChI is InChI=1S/C13H10O.C7H6BO3.C6H5Br.2C2H6/c14-10-11-6-8-13(9-7-11)12-4-2-1-3-5-12;9-5-6-1-3-7(4-2-6)11-8-10;7-6-4-2-1-3-5-6;2*1-2/h1-10H;1-5,10H;1-5H;2*1-2H3. The lowest BCUT2D eigenvalue weighted by Gasteiger charge is -2.00. The Morgan fingerprint density at radius 2 is 1.00 bits per heavy atom. The summed E-state index contributed by atoms with van der Waals surface area (Å²) in [6.45, 7) is 8.00. The Morgan fingerprint density at radius 3 is 1.36 bits per heavy atom. The van der Waals surface area contributed by atoms with E-state index in [2.05, 4.69) is 32.7 Å². The number of carbonyl (C=O) groups is 2. The zero-order valence-corrected chi connectivity index (χ0v) is 22.8. The van der Waals surface area contributed by atoms with Gasteiger partial charge in [-0.3, -0.25) is 9.59 Å². The molecule has 0 amide bonds. The predicted molar refractivity (Wildman–Crippen MR) is 155 cm³/mol. The van der Waals surface area contributed by atoms with Crippen LogP contribution in [0, 0.1) is 0 Å². The molecule has 0 atom stereocenters. The van der Waals surface area contributed by atoms with E-state index in [0.717, 1.165) is 22.6 Å². The lowest BCUT2D eigenvalue weighted by Crippen LogP contribution is -1.99. The van der Waals surface area contributed by atoms with Crippen molar-refractivity contribution in [1.29, 1.82) is 0 Å². The van der Waals surface area contributed by atoms with E-state index in [1.807, 2.05) is 100 Å². The molecule has 36 heavy (non-hydrogen) atoms. The van der Waals surface area contributed by atoms with E-state index in [4.69, 9.17) is 5.02 Å². The molecular formula is C30H33BBrO4. The summed E-state index contributed by atoms with van der Waals surface area (Å²) >= 11 is 3.31. The average Bonchev–Trinajstić information content (AvgIpc) is 2.97. The normalized spacial score (nSPS) is 8.50. The molecule has 0 spiro atoms. The smallest absolute Gasteiger partial charge is 0.537 e. The summed E-state index contributed by atoms with van der Waals surface area (Å²) < 4.78 is 5.75. The summed E-state index contributed by atoms with van der Waals surface area (Å²) in [4.78, 5) is 20.6. The van der Waals surface area contributed by atoms with E-state index >= 15 is 0 Å². The fourth-order valence-electron chi connectivity index (χ4n) is 2.49. The van der Waals surface area contributed by atoms with Crippen LogP contribution < -0.4 is 4.65 Å². The maximum absolute atomic E-state index is 10.5. The van der Waals surface area contributed by atoms with E-state index < -0.39 is 0 Å². The first-order valence-corrected chi connectivity index (χ1v) is 12.4. The second-order valence-corrected chi connectivity index (χ2v) is 7.23. The van der Waals surface area contributed by atoms with Crippen LogP contribution in [-0.4, -0.2) is 25.3 Å². The van der Waals surface area contributed by atoms with Gasteiger partial charge in [-0.1, -0.05) is 116 Å². The minimum atomic E-state index is 0.498. The van der Waals surface area contributed by atoms with E-state index in [0.29, 0.717) is 24.6 Å². The monoisotopic (exact) mass is 547 g/mol. The molecule has 0 unspecified atom stereocenters. The fraction of sp³-hybridized carbons (Fsp3) is 0.133. The van der Waals surface area contributed by atoms with Gasteiger partial charge in [0.25, 0.3) is 0 Å². The van der Waals surface area contributed by atoms with Gasteiger partial charge in [-0.25, -0.2) is 0 Å². The van der Waals surface area contributed by atoms with Crippen LogP contribution in [0.2, 0.25) is 0 Å². The summed E-state index contributed by atoms with van der Waals surface area (Å²) in [6.07, 6.45) is 1.60. The molecule has 0 aliphatic rings. The number of hydrogen-bond donors (Lipinski definition) is 1. The first-order chi connectivity index (χ1) is 17.7. The summed E-state index contributed by atoms with van der Waals surface area (Å²) in [5.41, 5.74) is 3.60. The zero-order valence-electron chi connectivity index (χ0n) is 21.2. The predicted octanol–water partition coefficient (Wildman–Crippen LogP) is 8.07. The van der Waals surface area contributed by atoms with Crippen molar-refractivity contribution >= 4 is 36.2 Å². The van der Waals surface area contributed by atoms with Gasteiger partial charge in [-0.05, 0) is 47.5 Å². The first kappa shape index (κ1) is 32.5. The molecule has 0 bridgehead atoms. The third kappa shape index (κ3) is 14.0. The van der Waals surface area contributed by atoms with Crippen molar-refractivity contribution in [2.45, 2.75) is 27.7 Å². The van der Waals surface area contributed by atoms with Gasteiger partial charge < -0.3 is 9.68 Å². The highest BCUT2D eigenvalue weighted by atomic mass is 79.9. The Labute approximate surface area is 224 Å². The lowest BCUT2D eigenvalue weighted by molar-refractivity contribution is 0.111. The van der Waals surface area contributed by atoms with Crippen molar-refractivity contribution in [2.24, 2.45) is 0 Å². The van der Waals surface area contributed by atoms with Gasteiger partial charge in [0, 0.05) is 15.6 Å². The first-order valence-electron chi connectivity index (χ1n) is 11.6. The topological polar surface area (TPSA) is 63.6 Å². The Kier molecular flexibility index (Phi) is 19.9. The van der Waals surface area contributed by atoms with Crippen molar-refractivity contribution in [3.63, 3.8) is 0 Å². The van der Waals surface area contributed by atoms with Gasteiger partial charge >= 0.3 is 7.69 Å². The largest absolute Gasteiger partial charge is 0.569 e. The van der Waals surface area contributed by atoms with Gasteiger partial charge in [0.2, 0.25) is 0 Å². The Morgan fingerprint density at radius 1 is 0.611 bits per heavy atom. The molecule has 0 heterocycles. The van der Waals surface area contributed by atoms with Crippen molar-refractivity contribution in [2.75, 3.05) is 0 Å². The van der Waals surface area contributed by atoms with Crippen LogP contribution in [0.15, 0.2) is 114 Å². The van der Waals surface area contributed by atoms with Gasteiger partial charge in [0.1, 0.15) is 18.3 Å². The summed E-state index contributed by atoms with van der Waals surface area (Å²) in [5, 5.41) is 8.23. The van der Waals surface area contributed by atoms with Crippen molar-refractivity contribution < 1.29 is 19.3 Å². The van der Waals surface area contributed by atoms with Crippen LogP contribution in [0.25, 0.3) is 11.1 Å². The Balaban J connectivity index is 0.000000498. The van der Waals surface area contributed by atoms with Crippen LogP contribution >= 0.6 is 15.9 Å². The van der Waals surface area contributed by atoms with Crippen LogP contribution in [-0.2, 0) is 0 Å². The van der Waals surface area contributed by atoms with Gasteiger partial charge in [-0.2, -0.15) is 0 Å². The van der Waals surface area contributed by atoms with Crippen molar-refractivity contribution in [1.82, 2.24) is 0 Å². The quantitative estimate of drug-likeness (QED) is 0.202. The highest BCUT2D eigenvalue weighted by molar-refractivity contribution is 9.10. The average molecular weight is 548 g/mol. The fourth-order valence-corrected chi connectivity index (χ4v) is 2.79. The van der Waals surface area contributed by atoms with E-state index in [9.17, 15) is 9.59 Å². The number of aldehydes is 2. The number of halogens is 1. The number of rotatable bonds is 5. The molecule has 187 valence electrons. The molecular weight excluding hydrogens is 515 g/mol. The summed E-state index contributed by atoms with van der Waals surface area (Å²) in [7, 11) is 0.593. The maximum atomic E-state index is 10.5. The highest BCUT2D eigenvalue weighted by Gasteiger charge is 1.96. The van der Waals surface area contributed by atoms with E-state index in [-0.39, 0.29) is 0 Å². The molecule has 0 saturated heterocycles. The second-order valence-electron chi connectivity index (χ2n) is 6.31. The van der Waals surface area contributed by atoms with Gasteiger partial charge in [-0.15, -0.1) is 0 Å². The number of carbonyl (C=O) groups excluding carboxylic acids is 2. The molecule has 6 heteroatoms. The Hall–Kier alpha value is -3.48.